The second-order valence-corrected chi connectivity index (χ2v) is 5.93. The van der Waals surface area contributed by atoms with Gasteiger partial charge in [0.2, 0.25) is 0 Å². The Hall–Kier alpha value is -1.20. The van der Waals surface area contributed by atoms with Crippen molar-refractivity contribution in [3.63, 3.8) is 0 Å². The third kappa shape index (κ3) is 2.21. The van der Waals surface area contributed by atoms with Gasteiger partial charge in [0.25, 0.3) is 0 Å². The van der Waals surface area contributed by atoms with Gasteiger partial charge in [0, 0.05) is 22.4 Å². The van der Waals surface area contributed by atoms with Crippen LogP contribution in [0.2, 0.25) is 0 Å². The van der Waals surface area contributed by atoms with E-state index >= 15 is 0 Å². The van der Waals surface area contributed by atoms with E-state index in [1.165, 1.54) is 12.1 Å². The molecule has 2 nitrogen and oxygen atoms in total. The first-order valence-corrected chi connectivity index (χ1v) is 7.24. The fourth-order valence-electron chi connectivity index (χ4n) is 1.91. The number of benzene rings is 1. The van der Waals surface area contributed by atoms with Gasteiger partial charge in [-0.2, -0.15) is 0 Å². The lowest BCUT2D eigenvalue weighted by Crippen LogP contribution is -1.88. The molecule has 3 rings (SSSR count). The van der Waals surface area contributed by atoms with Gasteiger partial charge in [0.15, 0.2) is 5.65 Å². The van der Waals surface area contributed by atoms with Crippen LogP contribution in [0.3, 0.4) is 0 Å². The molecule has 0 saturated heterocycles. The van der Waals surface area contributed by atoms with Crippen LogP contribution < -0.4 is 0 Å². The van der Waals surface area contributed by atoms with Crippen LogP contribution in [0.4, 0.5) is 4.39 Å². The first-order valence-electron chi connectivity index (χ1n) is 5.65. The summed E-state index contributed by atoms with van der Waals surface area (Å²) in [5, 5.41) is 0. The highest BCUT2D eigenvalue weighted by atomic mass is 79.9. The van der Waals surface area contributed by atoms with E-state index in [9.17, 15) is 4.39 Å². The Morgan fingerprint density at radius 2 is 1.79 bits per heavy atom. The highest BCUT2D eigenvalue weighted by molar-refractivity contribution is 9.11. The number of aromatic nitrogens is 2. The Morgan fingerprint density at radius 3 is 2.47 bits per heavy atom. The molecule has 3 aromatic rings. The van der Waals surface area contributed by atoms with Gasteiger partial charge in [0.1, 0.15) is 5.82 Å². The zero-order valence-electron chi connectivity index (χ0n) is 9.99. The topological polar surface area (TPSA) is 17.3 Å². The van der Waals surface area contributed by atoms with Gasteiger partial charge < -0.3 is 4.40 Å². The molecule has 0 aliphatic carbocycles. The standard InChI is InChI=1S/C14H9Br2FN2/c1-8-11(15)6-19-7-12(18-14(19)13(8)16)9-2-4-10(17)5-3-9/h2-7H,1H3. The van der Waals surface area contributed by atoms with Crippen LogP contribution >= 0.6 is 31.9 Å². The van der Waals surface area contributed by atoms with Crippen molar-refractivity contribution in [3.8, 4) is 11.3 Å². The van der Waals surface area contributed by atoms with Gasteiger partial charge in [-0.1, -0.05) is 0 Å². The van der Waals surface area contributed by atoms with E-state index in [4.69, 9.17) is 0 Å². The number of halogens is 3. The highest BCUT2D eigenvalue weighted by Gasteiger charge is 2.11. The monoisotopic (exact) mass is 382 g/mol. The average molecular weight is 384 g/mol. The molecule has 2 aromatic heterocycles. The SMILES string of the molecule is Cc1c(Br)cn2cc(-c3ccc(F)cc3)nc2c1Br. The zero-order chi connectivity index (χ0) is 13.6. The summed E-state index contributed by atoms with van der Waals surface area (Å²) in [4.78, 5) is 4.59. The molecule has 1 aromatic carbocycles. The number of imidazole rings is 1. The van der Waals surface area contributed by atoms with Crippen molar-refractivity contribution in [1.29, 1.82) is 0 Å². The van der Waals surface area contributed by atoms with Crippen molar-refractivity contribution >= 4 is 37.5 Å². The van der Waals surface area contributed by atoms with E-state index < -0.39 is 0 Å². The van der Waals surface area contributed by atoms with E-state index in [1.807, 2.05) is 23.7 Å². The molecule has 0 N–H and O–H groups in total. The molecule has 0 spiro atoms. The fourth-order valence-corrected chi connectivity index (χ4v) is 3.10. The second kappa shape index (κ2) is 4.72. The Balaban J connectivity index is 2.22. The lowest BCUT2D eigenvalue weighted by Gasteiger charge is -2.03. The van der Waals surface area contributed by atoms with Crippen LogP contribution in [-0.2, 0) is 0 Å². The van der Waals surface area contributed by atoms with E-state index in [0.717, 1.165) is 31.4 Å². The second-order valence-electron chi connectivity index (χ2n) is 4.28. The molecule has 0 aliphatic rings. The van der Waals surface area contributed by atoms with E-state index in [0.29, 0.717) is 0 Å². The predicted octanol–water partition coefficient (Wildman–Crippen LogP) is 4.97. The number of rotatable bonds is 1. The molecule has 0 aliphatic heterocycles. The van der Waals surface area contributed by atoms with Gasteiger partial charge in [-0.3, -0.25) is 0 Å². The summed E-state index contributed by atoms with van der Waals surface area (Å²) in [6.45, 7) is 2.01. The summed E-state index contributed by atoms with van der Waals surface area (Å²) >= 11 is 7.07. The third-order valence-corrected chi connectivity index (χ3v) is 4.76. The van der Waals surface area contributed by atoms with Gasteiger partial charge in [-0.15, -0.1) is 0 Å². The van der Waals surface area contributed by atoms with Crippen LogP contribution in [0.1, 0.15) is 5.56 Å². The minimum Gasteiger partial charge on any atom is -0.304 e. The van der Waals surface area contributed by atoms with Crippen molar-refractivity contribution in [2.45, 2.75) is 6.92 Å². The quantitative estimate of drug-likeness (QED) is 0.579. The first-order chi connectivity index (χ1) is 9.06. The van der Waals surface area contributed by atoms with Crippen LogP contribution in [0.5, 0.6) is 0 Å². The predicted molar refractivity (Wildman–Crippen MR) is 80.7 cm³/mol. The Bertz CT molecular complexity index is 763. The van der Waals surface area contributed by atoms with Crippen molar-refractivity contribution < 1.29 is 4.39 Å². The molecular weight excluding hydrogens is 375 g/mol. The smallest absolute Gasteiger partial charge is 0.152 e. The third-order valence-electron chi connectivity index (χ3n) is 3.01. The maximum absolute atomic E-state index is 12.9. The Morgan fingerprint density at radius 1 is 1.11 bits per heavy atom. The van der Waals surface area contributed by atoms with Crippen molar-refractivity contribution in [1.82, 2.24) is 9.38 Å². The minimum atomic E-state index is -0.243. The van der Waals surface area contributed by atoms with Gasteiger partial charge >= 0.3 is 0 Å². The van der Waals surface area contributed by atoms with E-state index in [-0.39, 0.29) is 5.82 Å². The zero-order valence-corrected chi connectivity index (χ0v) is 13.2. The summed E-state index contributed by atoms with van der Waals surface area (Å²) < 4.78 is 16.8. The molecular formula is C14H9Br2FN2. The fraction of sp³-hybridized carbons (Fsp3) is 0.0714. The largest absolute Gasteiger partial charge is 0.304 e. The summed E-state index contributed by atoms with van der Waals surface area (Å²) in [6, 6.07) is 6.34. The van der Waals surface area contributed by atoms with Gasteiger partial charge in [-0.25, -0.2) is 9.37 Å². The molecule has 19 heavy (non-hydrogen) atoms. The molecule has 0 unspecified atom stereocenters. The molecule has 0 fully saturated rings. The van der Waals surface area contributed by atoms with Crippen LogP contribution in [0.15, 0.2) is 45.6 Å². The van der Waals surface area contributed by atoms with Crippen LogP contribution in [-0.4, -0.2) is 9.38 Å². The number of hydrogen-bond acceptors (Lipinski definition) is 1. The lowest BCUT2D eigenvalue weighted by atomic mass is 10.2. The molecule has 96 valence electrons. The molecule has 0 amide bonds. The Kier molecular flexibility index (Phi) is 3.19. The molecule has 0 saturated carbocycles. The highest BCUT2D eigenvalue weighted by Crippen LogP contribution is 2.30. The van der Waals surface area contributed by atoms with Crippen LogP contribution in [0.25, 0.3) is 16.9 Å². The molecule has 5 heteroatoms. The van der Waals surface area contributed by atoms with E-state index in [1.54, 1.807) is 12.1 Å². The first kappa shape index (κ1) is 12.8. The summed E-state index contributed by atoms with van der Waals surface area (Å²) in [7, 11) is 0. The molecule has 0 radical (unpaired) electrons. The maximum Gasteiger partial charge on any atom is 0.152 e. The summed E-state index contributed by atoms with van der Waals surface area (Å²) in [5.41, 5.74) is 3.66. The number of nitrogens with zero attached hydrogens (tertiary/aromatic N) is 2. The van der Waals surface area contributed by atoms with Gasteiger partial charge in [0.05, 0.1) is 10.2 Å². The van der Waals surface area contributed by atoms with Crippen molar-refractivity contribution in [2.75, 3.05) is 0 Å². The van der Waals surface area contributed by atoms with Crippen molar-refractivity contribution in [2.24, 2.45) is 0 Å². The average Bonchev–Trinajstić information content (AvgIpc) is 2.81. The van der Waals surface area contributed by atoms with Gasteiger partial charge in [-0.05, 0) is 68.6 Å². The molecule has 0 atom stereocenters. The normalized spacial score (nSPS) is 11.2. The minimum absolute atomic E-state index is 0.243. The molecule has 2 heterocycles. The summed E-state index contributed by atoms with van der Waals surface area (Å²) in [5.74, 6) is -0.243. The Labute approximate surface area is 126 Å². The number of hydrogen-bond donors (Lipinski definition) is 0. The molecule has 0 bridgehead atoms. The lowest BCUT2D eigenvalue weighted by molar-refractivity contribution is 0.628. The van der Waals surface area contributed by atoms with Crippen molar-refractivity contribution in [3.05, 3.63) is 57.0 Å². The number of fused-ring (bicyclic) bond motifs is 1. The number of pyridine rings is 1. The maximum atomic E-state index is 12.9. The van der Waals surface area contributed by atoms with Crippen LogP contribution in [0, 0.1) is 12.7 Å². The van der Waals surface area contributed by atoms with E-state index in [2.05, 4.69) is 36.8 Å². The summed E-state index contributed by atoms with van der Waals surface area (Å²) in [6.07, 6.45) is 3.90.